The van der Waals surface area contributed by atoms with E-state index in [-0.39, 0.29) is 0 Å². The molecule has 0 atom stereocenters. The van der Waals surface area contributed by atoms with Crippen molar-refractivity contribution in [2.24, 2.45) is 4.99 Å². The van der Waals surface area contributed by atoms with Gasteiger partial charge in [-0.2, -0.15) is 0 Å². The van der Waals surface area contributed by atoms with Crippen molar-refractivity contribution in [3.05, 3.63) is 109 Å². The van der Waals surface area contributed by atoms with Crippen LogP contribution in [0.2, 0.25) is 0 Å². The van der Waals surface area contributed by atoms with Crippen molar-refractivity contribution in [1.29, 1.82) is 0 Å². The number of benzene rings is 3. The molecule has 1 heterocycles. The molecule has 2 nitrogen and oxygen atoms in total. The summed E-state index contributed by atoms with van der Waals surface area (Å²) in [6, 6.07) is 33.1. The summed E-state index contributed by atoms with van der Waals surface area (Å²) in [5, 5.41) is 0. The first-order valence-electron chi connectivity index (χ1n) is 8.59. The van der Waals surface area contributed by atoms with Crippen LogP contribution in [-0.2, 0) is 0 Å². The lowest BCUT2D eigenvalue weighted by molar-refractivity contribution is 1.30. The second-order valence-electron chi connectivity index (χ2n) is 6.00. The monoisotopic (exact) mass is 334 g/mol. The van der Waals surface area contributed by atoms with Crippen LogP contribution < -0.4 is 0 Å². The fourth-order valence-corrected chi connectivity index (χ4v) is 2.82. The Morgan fingerprint density at radius 2 is 1.08 bits per heavy atom. The van der Waals surface area contributed by atoms with Crippen molar-refractivity contribution < 1.29 is 0 Å². The normalized spacial score (nSPS) is 10.9. The molecular weight excluding hydrogens is 316 g/mol. The maximum atomic E-state index is 4.48. The first-order valence-corrected chi connectivity index (χ1v) is 8.59. The standard InChI is InChI=1S/C24H18N2/c1-2-6-19(7-3-1)20-9-11-21(12-10-20)22-13-15-23(16-14-22)26-18-24-8-4-5-17-25-24/h1-18H. The number of hydrogen-bond acceptors (Lipinski definition) is 2. The van der Waals surface area contributed by atoms with E-state index in [2.05, 4.69) is 70.6 Å². The molecule has 0 radical (unpaired) electrons. The summed E-state index contributed by atoms with van der Waals surface area (Å²) in [5.74, 6) is 0. The fraction of sp³-hybridized carbons (Fsp3) is 0. The summed E-state index contributed by atoms with van der Waals surface area (Å²) in [5.41, 5.74) is 6.61. The van der Waals surface area contributed by atoms with Crippen molar-refractivity contribution in [3.63, 3.8) is 0 Å². The molecule has 3 aromatic carbocycles. The lowest BCUT2D eigenvalue weighted by Gasteiger charge is -2.05. The van der Waals surface area contributed by atoms with Crippen molar-refractivity contribution in [3.8, 4) is 22.3 Å². The molecular formula is C24H18N2. The minimum absolute atomic E-state index is 0.855. The number of rotatable bonds is 4. The predicted octanol–water partition coefficient (Wildman–Crippen LogP) is 6.17. The maximum Gasteiger partial charge on any atom is 0.0812 e. The summed E-state index contributed by atoms with van der Waals surface area (Å²) >= 11 is 0. The number of aliphatic imine (C=N–C) groups is 1. The fourth-order valence-electron chi connectivity index (χ4n) is 2.82. The molecule has 0 aliphatic rings. The highest BCUT2D eigenvalue weighted by Gasteiger charge is 2.00. The zero-order valence-corrected chi connectivity index (χ0v) is 14.3. The second-order valence-corrected chi connectivity index (χ2v) is 6.00. The SMILES string of the molecule is C(=Nc1ccc(-c2ccc(-c3ccccc3)cc2)cc1)c1ccccn1. The molecule has 0 amide bonds. The highest BCUT2D eigenvalue weighted by molar-refractivity contribution is 5.80. The molecule has 0 aliphatic carbocycles. The van der Waals surface area contributed by atoms with Gasteiger partial charge < -0.3 is 0 Å². The van der Waals surface area contributed by atoms with Crippen molar-refractivity contribution >= 4 is 11.9 Å². The summed E-state index contributed by atoms with van der Waals surface area (Å²) in [6.45, 7) is 0. The zero-order valence-electron chi connectivity index (χ0n) is 14.3. The van der Waals surface area contributed by atoms with Gasteiger partial charge in [-0.15, -0.1) is 0 Å². The maximum absolute atomic E-state index is 4.48. The molecule has 0 fully saturated rings. The summed E-state index contributed by atoms with van der Waals surface area (Å²) in [4.78, 5) is 8.72. The summed E-state index contributed by atoms with van der Waals surface area (Å²) < 4.78 is 0. The van der Waals surface area contributed by atoms with Crippen LogP contribution in [0.25, 0.3) is 22.3 Å². The molecule has 26 heavy (non-hydrogen) atoms. The minimum atomic E-state index is 0.855. The molecule has 1 aromatic heterocycles. The van der Waals surface area contributed by atoms with Crippen molar-refractivity contribution in [1.82, 2.24) is 4.98 Å². The van der Waals surface area contributed by atoms with E-state index in [9.17, 15) is 0 Å². The van der Waals surface area contributed by atoms with Crippen LogP contribution in [0.4, 0.5) is 5.69 Å². The molecule has 2 heteroatoms. The quantitative estimate of drug-likeness (QED) is 0.410. The third kappa shape index (κ3) is 3.76. The van der Waals surface area contributed by atoms with Crippen LogP contribution >= 0.6 is 0 Å². The second kappa shape index (κ2) is 7.58. The molecule has 4 rings (SSSR count). The van der Waals surface area contributed by atoms with E-state index in [1.54, 1.807) is 12.4 Å². The van der Waals surface area contributed by atoms with Crippen molar-refractivity contribution in [2.45, 2.75) is 0 Å². The Labute approximate surface area is 153 Å². The molecule has 4 aromatic rings. The first-order chi connectivity index (χ1) is 12.9. The minimum Gasteiger partial charge on any atom is -0.255 e. The Bertz CT molecular complexity index is 988. The lowest BCUT2D eigenvalue weighted by Crippen LogP contribution is -1.84. The van der Waals surface area contributed by atoms with Crippen LogP contribution in [0, 0.1) is 0 Å². The first kappa shape index (κ1) is 16.0. The van der Waals surface area contributed by atoms with Gasteiger partial charge in [-0.1, -0.05) is 72.8 Å². The highest BCUT2D eigenvalue weighted by Crippen LogP contribution is 2.26. The van der Waals surface area contributed by atoms with E-state index in [0.717, 1.165) is 11.4 Å². The van der Waals surface area contributed by atoms with E-state index in [1.165, 1.54) is 22.3 Å². The van der Waals surface area contributed by atoms with Gasteiger partial charge in [0.25, 0.3) is 0 Å². The highest BCUT2D eigenvalue weighted by atomic mass is 14.8. The molecule has 0 bridgehead atoms. The van der Waals surface area contributed by atoms with E-state index in [0.29, 0.717) is 0 Å². The Balaban J connectivity index is 1.51. The van der Waals surface area contributed by atoms with Gasteiger partial charge in [-0.05, 0) is 46.5 Å². The van der Waals surface area contributed by atoms with Crippen LogP contribution in [0.15, 0.2) is 108 Å². The molecule has 124 valence electrons. The molecule has 0 spiro atoms. The number of nitrogens with zero attached hydrogens (tertiary/aromatic N) is 2. The number of hydrogen-bond donors (Lipinski definition) is 0. The van der Waals surface area contributed by atoms with Gasteiger partial charge in [-0.3, -0.25) is 9.98 Å². The predicted molar refractivity (Wildman–Crippen MR) is 109 cm³/mol. The topological polar surface area (TPSA) is 25.2 Å². The van der Waals surface area contributed by atoms with E-state index in [1.807, 2.05) is 36.4 Å². The van der Waals surface area contributed by atoms with Crippen molar-refractivity contribution in [2.75, 3.05) is 0 Å². The Hall–Kier alpha value is -3.52. The molecule has 0 unspecified atom stereocenters. The Kier molecular flexibility index (Phi) is 4.66. The zero-order chi connectivity index (χ0) is 17.6. The van der Waals surface area contributed by atoms with Crippen LogP contribution in [-0.4, -0.2) is 11.2 Å². The Morgan fingerprint density at radius 3 is 1.65 bits per heavy atom. The summed E-state index contributed by atoms with van der Waals surface area (Å²) in [6.07, 6.45) is 3.55. The van der Waals surface area contributed by atoms with Crippen LogP contribution in [0.5, 0.6) is 0 Å². The van der Waals surface area contributed by atoms with Gasteiger partial charge in [0.15, 0.2) is 0 Å². The van der Waals surface area contributed by atoms with Crippen LogP contribution in [0.3, 0.4) is 0 Å². The number of aromatic nitrogens is 1. The lowest BCUT2D eigenvalue weighted by atomic mass is 10.0. The third-order valence-corrected chi connectivity index (χ3v) is 4.23. The average molecular weight is 334 g/mol. The smallest absolute Gasteiger partial charge is 0.0812 e. The van der Waals surface area contributed by atoms with E-state index in [4.69, 9.17) is 0 Å². The van der Waals surface area contributed by atoms with Gasteiger partial charge in [-0.25, -0.2) is 0 Å². The summed E-state index contributed by atoms with van der Waals surface area (Å²) in [7, 11) is 0. The van der Waals surface area contributed by atoms with Gasteiger partial charge in [0.2, 0.25) is 0 Å². The van der Waals surface area contributed by atoms with E-state index < -0.39 is 0 Å². The molecule has 0 aliphatic heterocycles. The van der Waals surface area contributed by atoms with Gasteiger partial charge in [0, 0.05) is 6.20 Å². The number of pyridine rings is 1. The van der Waals surface area contributed by atoms with Gasteiger partial charge in [0.1, 0.15) is 0 Å². The van der Waals surface area contributed by atoms with Gasteiger partial charge in [0.05, 0.1) is 17.6 Å². The van der Waals surface area contributed by atoms with E-state index >= 15 is 0 Å². The third-order valence-electron chi connectivity index (χ3n) is 4.23. The Morgan fingerprint density at radius 1 is 0.538 bits per heavy atom. The molecule has 0 N–H and O–H groups in total. The van der Waals surface area contributed by atoms with Gasteiger partial charge >= 0.3 is 0 Å². The molecule has 0 saturated heterocycles. The molecule has 0 saturated carbocycles. The van der Waals surface area contributed by atoms with Crippen LogP contribution in [0.1, 0.15) is 5.69 Å². The largest absolute Gasteiger partial charge is 0.255 e. The average Bonchev–Trinajstić information content (AvgIpc) is 2.74.